The normalized spacial score (nSPS) is 10.8. The van der Waals surface area contributed by atoms with Crippen LogP contribution in [0.1, 0.15) is 11.1 Å². The van der Waals surface area contributed by atoms with E-state index in [2.05, 4.69) is 38.9 Å². The highest BCUT2D eigenvalue weighted by molar-refractivity contribution is 5.93. The Kier molecular flexibility index (Phi) is 4.21. The number of nitrogens with zero attached hydrogens (tertiary/aromatic N) is 3. The maximum Gasteiger partial charge on any atom is 0.140 e. The van der Waals surface area contributed by atoms with E-state index < -0.39 is 0 Å². The molecule has 4 aromatic rings. The highest BCUT2D eigenvalue weighted by atomic mass is 16.5. The molecule has 3 heterocycles. The van der Waals surface area contributed by atoms with E-state index in [0.29, 0.717) is 5.70 Å². The van der Waals surface area contributed by atoms with E-state index >= 15 is 0 Å². The highest BCUT2D eigenvalue weighted by Crippen LogP contribution is 2.28. The summed E-state index contributed by atoms with van der Waals surface area (Å²) in [7, 11) is 0. The van der Waals surface area contributed by atoms with Crippen LogP contribution in [0.2, 0.25) is 0 Å². The van der Waals surface area contributed by atoms with Gasteiger partial charge >= 0.3 is 0 Å². The maximum atomic E-state index is 8.94. The molecule has 3 aromatic heterocycles. The number of pyridine rings is 2. The fraction of sp³-hybridized carbons (Fsp3) is 0.0476. The maximum absolute atomic E-state index is 8.94. The van der Waals surface area contributed by atoms with Gasteiger partial charge in [0.05, 0.1) is 5.70 Å². The second-order valence-corrected chi connectivity index (χ2v) is 6.06. The van der Waals surface area contributed by atoms with Gasteiger partial charge in [-0.1, -0.05) is 30.8 Å². The second kappa shape index (κ2) is 6.82. The van der Waals surface area contributed by atoms with Gasteiger partial charge in [-0.2, -0.15) is 0 Å². The molecule has 128 valence electrons. The minimum Gasteiger partial charge on any atom is -0.328 e. The molecule has 5 heteroatoms. The number of aromatic nitrogens is 3. The summed E-state index contributed by atoms with van der Waals surface area (Å²) in [6.45, 7) is 4.47. The van der Waals surface area contributed by atoms with Crippen molar-refractivity contribution in [1.82, 2.24) is 20.0 Å². The Morgan fingerprint density at radius 3 is 2.50 bits per heavy atom. The smallest absolute Gasteiger partial charge is 0.140 e. The largest absolute Gasteiger partial charge is 0.328 e. The first-order valence-electron chi connectivity index (χ1n) is 8.29. The molecule has 0 aliphatic carbocycles. The van der Waals surface area contributed by atoms with E-state index in [1.165, 1.54) is 0 Å². The Bertz CT molecular complexity index is 1050. The van der Waals surface area contributed by atoms with Gasteiger partial charge < -0.3 is 4.57 Å². The van der Waals surface area contributed by atoms with Crippen molar-refractivity contribution >= 4 is 16.7 Å². The van der Waals surface area contributed by atoms with Gasteiger partial charge in [0.2, 0.25) is 0 Å². The molecule has 5 nitrogen and oxygen atoms in total. The first-order valence-corrected chi connectivity index (χ1v) is 8.29. The molecule has 0 radical (unpaired) electrons. The molecule has 0 spiro atoms. The van der Waals surface area contributed by atoms with E-state index in [4.69, 9.17) is 5.21 Å². The van der Waals surface area contributed by atoms with Crippen LogP contribution >= 0.6 is 0 Å². The Morgan fingerprint density at radius 1 is 1.00 bits per heavy atom. The van der Waals surface area contributed by atoms with E-state index in [1.807, 2.05) is 48.7 Å². The average molecular weight is 342 g/mol. The molecule has 0 aliphatic heterocycles. The number of nitrogens with one attached hydrogen (secondary N) is 1. The zero-order valence-electron chi connectivity index (χ0n) is 14.1. The van der Waals surface area contributed by atoms with Crippen LogP contribution < -0.4 is 5.48 Å². The van der Waals surface area contributed by atoms with Crippen molar-refractivity contribution in [1.29, 1.82) is 0 Å². The Balaban J connectivity index is 1.67. The van der Waals surface area contributed by atoms with Gasteiger partial charge in [-0.15, -0.1) is 0 Å². The summed E-state index contributed by atoms with van der Waals surface area (Å²) in [5, 5.41) is 10.1. The first-order chi connectivity index (χ1) is 12.8. The minimum absolute atomic E-state index is 0.478. The minimum atomic E-state index is 0.478. The number of hydroxylamine groups is 1. The van der Waals surface area contributed by atoms with Gasteiger partial charge in [-0.05, 0) is 46.5 Å². The summed E-state index contributed by atoms with van der Waals surface area (Å²) in [5.74, 6) is 0. The van der Waals surface area contributed by atoms with Gasteiger partial charge in [0.25, 0.3) is 0 Å². The first kappa shape index (κ1) is 16.1. The van der Waals surface area contributed by atoms with Crippen molar-refractivity contribution in [2.45, 2.75) is 6.54 Å². The van der Waals surface area contributed by atoms with Gasteiger partial charge in [0, 0.05) is 36.7 Å². The van der Waals surface area contributed by atoms with Crippen molar-refractivity contribution in [3.63, 3.8) is 0 Å². The fourth-order valence-electron chi connectivity index (χ4n) is 3.07. The quantitative estimate of drug-likeness (QED) is 0.536. The van der Waals surface area contributed by atoms with Crippen molar-refractivity contribution in [3.8, 4) is 11.1 Å². The Morgan fingerprint density at radius 2 is 1.77 bits per heavy atom. The Hall–Kier alpha value is -3.44. The Labute approximate surface area is 151 Å². The zero-order chi connectivity index (χ0) is 17.9. The molecule has 0 atom stereocenters. The molecule has 1 aromatic carbocycles. The van der Waals surface area contributed by atoms with Crippen molar-refractivity contribution in [3.05, 3.63) is 91.0 Å². The van der Waals surface area contributed by atoms with Crippen LogP contribution in [0.15, 0.2) is 79.9 Å². The molecule has 0 bridgehead atoms. The SMILES string of the molecule is C=C(NO)c1ccc(Cn2ccc3c(-c4ccncc4)ccnc32)cc1. The number of fused-ring (bicyclic) bond motifs is 1. The lowest BCUT2D eigenvalue weighted by Gasteiger charge is -2.08. The van der Waals surface area contributed by atoms with E-state index in [0.717, 1.165) is 39.8 Å². The van der Waals surface area contributed by atoms with E-state index in [9.17, 15) is 0 Å². The topological polar surface area (TPSA) is 63.0 Å². The van der Waals surface area contributed by atoms with Gasteiger partial charge in [0.15, 0.2) is 0 Å². The molecule has 0 saturated heterocycles. The lowest BCUT2D eigenvalue weighted by Crippen LogP contribution is -2.04. The second-order valence-electron chi connectivity index (χ2n) is 6.06. The van der Waals surface area contributed by atoms with Crippen LogP contribution in [0.25, 0.3) is 27.9 Å². The number of rotatable bonds is 5. The van der Waals surface area contributed by atoms with Crippen LogP contribution in [0, 0.1) is 0 Å². The van der Waals surface area contributed by atoms with Gasteiger partial charge in [-0.3, -0.25) is 15.7 Å². The molecule has 0 amide bonds. The predicted molar refractivity (Wildman–Crippen MR) is 102 cm³/mol. The lowest BCUT2D eigenvalue weighted by molar-refractivity contribution is 0.225. The van der Waals surface area contributed by atoms with Crippen molar-refractivity contribution in [2.75, 3.05) is 0 Å². The van der Waals surface area contributed by atoms with Crippen molar-refractivity contribution in [2.24, 2.45) is 0 Å². The van der Waals surface area contributed by atoms with Crippen LogP contribution in [-0.4, -0.2) is 19.7 Å². The third-order valence-corrected chi connectivity index (χ3v) is 4.44. The van der Waals surface area contributed by atoms with Crippen LogP contribution in [0.3, 0.4) is 0 Å². The lowest BCUT2D eigenvalue weighted by atomic mass is 10.1. The number of benzene rings is 1. The van der Waals surface area contributed by atoms with Crippen molar-refractivity contribution < 1.29 is 5.21 Å². The number of hydrogen-bond donors (Lipinski definition) is 2. The van der Waals surface area contributed by atoms with Crippen LogP contribution in [0.5, 0.6) is 0 Å². The summed E-state index contributed by atoms with van der Waals surface area (Å²) in [6.07, 6.45) is 7.50. The van der Waals surface area contributed by atoms with Gasteiger partial charge in [0.1, 0.15) is 5.65 Å². The molecular formula is C21H18N4O. The summed E-state index contributed by atoms with van der Waals surface area (Å²) in [6, 6.07) is 16.1. The molecule has 0 unspecified atom stereocenters. The molecular weight excluding hydrogens is 324 g/mol. The molecule has 0 aliphatic rings. The summed E-state index contributed by atoms with van der Waals surface area (Å²) in [5.41, 5.74) is 7.78. The summed E-state index contributed by atoms with van der Waals surface area (Å²) >= 11 is 0. The third kappa shape index (κ3) is 2.96. The highest BCUT2D eigenvalue weighted by Gasteiger charge is 2.09. The molecule has 0 fully saturated rings. The summed E-state index contributed by atoms with van der Waals surface area (Å²) < 4.78 is 2.13. The fourth-order valence-corrected chi connectivity index (χ4v) is 3.07. The molecule has 0 saturated carbocycles. The van der Waals surface area contributed by atoms with Crippen LogP contribution in [0.4, 0.5) is 0 Å². The van der Waals surface area contributed by atoms with Crippen LogP contribution in [-0.2, 0) is 6.54 Å². The van der Waals surface area contributed by atoms with E-state index in [1.54, 1.807) is 12.4 Å². The molecule has 2 N–H and O–H groups in total. The van der Waals surface area contributed by atoms with E-state index in [-0.39, 0.29) is 0 Å². The number of hydrogen-bond acceptors (Lipinski definition) is 4. The van der Waals surface area contributed by atoms with Gasteiger partial charge in [-0.25, -0.2) is 4.98 Å². The predicted octanol–water partition coefficient (Wildman–Crippen LogP) is 4.10. The standard InChI is InChI=1S/C21H18N4O/c1-15(24-26)17-4-2-16(3-5-17)14-25-13-9-20-19(8-12-23-21(20)25)18-6-10-22-11-7-18/h2-13,24,26H,1,14H2. The third-order valence-electron chi connectivity index (χ3n) is 4.44. The molecule has 26 heavy (non-hydrogen) atoms. The summed E-state index contributed by atoms with van der Waals surface area (Å²) in [4.78, 5) is 8.66. The monoisotopic (exact) mass is 342 g/mol. The zero-order valence-corrected chi connectivity index (χ0v) is 14.1. The molecule has 4 rings (SSSR count). The average Bonchev–Trinajstić information content (AvgIpc) is 3.11.